The van der Waals surface area contributed by atoms with E-state index in [1.165, 1.54) is 0 Å². The second-order valence-corrected chi connectivity index (χ2v) is 5.96. The average molecular weight is 380 g/mol. The maximum absolute atomic E-state index is 6.16. The number of halogens is 4. The monoisotopic (exact) mass is 378 g/mol. The van der Waals surface area contributed by atoms with E-state index in [-0.39, 0.29) is 0 Å². The molecule has 0 unspecified atom stereocenters. The molecule has 2 nitrogen and oxygen atoms in total. The van der Waals surface area contributed by atoms with E-state index in [1.54, 1.807) is 6.07 Å². The SMILES string of the molecule is CCCc1c(Cl)nc(-c2ccc(Cl)c(Br)c2)nc1Cl. The Morgan fingerprint density at radius 3 is 2.26 bits per heavy atom. The minimum absolute atomic E-state index is 0.405. The molecular weight excluding hydrogens is 370 g/mol. The van der Waals surface area contributed by atoms with E-state index >= 15 is 0 Å². The van der Waals surface area contributed by atoms with Crippen LogP contribution in [-0.4, -0.2) is 9.97 Å². The van der Waals surface area contributed by atoms with Gasteiger partial charge in [-0.3, -0.25) is 0 Å². The van der Waals surface area contributed by atoms with Crippen LogP contribution in [-0.2, 0) is 6.42 Å². The average Bonchev–Trinajstić information content (AvgIpc) is 2.37. The fraction of sp³-hybridized carbons (Fsp3) is 0.231. The predicted octanol–water partition coefficient (Wildman–Crippen LogP) is 5.82. The molecule has 0 aliphatic heterocycles. The molecule has 0 saturated heterocycles. The van der Waals surface area contributed by atoms with Crippen molar-refractivity contribution in [2.45, 2.75) is 19.8 Å². The number of hydrogen-bond donors (Lipinski definition) is 0. The number of hydrogen-bond acceptors (Lipinski definition) is 2. The Morgan fingerprint density at radius 1 is 1.11 bits per heavy atom. The van der Waals surface area contributed by atoms with Crippen LogP contribution in [0.15, 0.2) is 22.7 Å². The molecule has 1 aromatic heterocycles. The molecule has 0 bridgehead atoms. The first kappa shape index (κ1) is 15.0. The first-order valence-electron chi connectivity index (χ1n) is 5.70. The van der Waals surface area contributed by atoms with Crippen molar-refractivity contribution in [2.24, 2.45) is 0 Å². The van der Waals surface area contributed by atoms with Gasteiger partial charge in [0, 0.05) is 15.6 Å². The van der Waals surface area contributed by atoms with E-state index in [4.69, 9.17) is 34.8 Å². The summed E-state index contributed by atoms with van der Waals surface area (Å²) in [6, 6.07) is 5.44. The van der Waals surface area contributed by atoms with E-state index in [9.17, 15) is 0 Å². The Labute approximate surface area is 135 Å². The van der Waals surface area contributed by atoms with Crippen molar-refractivity contribution >= 4 is 50.7 Å². The van der Waals surface area contributed by atoms with Gasteiger partial charge in [0.15, 0.2) is 5.82 Å². The summed E-state index contributed by atoms with van der Waals surface area (Å²) in [7, 11) is 0. The van der Waals surface area contributed by atoms with Crippen molar-refractivity contribution in [1.82, 2.24) is 9.97 Å². The van der Waals surface area contributed by atoms with Crippen molar-refractivity contribution in [3.63, 3.8) is 0 Å². The first-order chi connectivity index (χ1) is 9.02. The van der Waals surface area contributed by atoms with Crippen LogP contribution < -0.4 is 0 Å². The van der Waals surface area contributed by atoms with Gasteiger partial charge in [-0.05, 0) is 40.5 Å². The third-order valence-electron chi connectivity index (χ3n) is 2.58. The zero-order valence-electron chi connectivity index (χ0n) is 10.1. The highest BCUT2D eigenvalue weighted by molar-refractivity contribution is 9.10. The van der Waals surface area contributed by atoms with Crippen LogP contribution in [0.4, 0.5) is 0 Å². The van der Waals surface area contributed by atoms with Crippen LogP contribution in [0.3, 0.4) is 0 Å². The summed E-state index contributed by atoms with van der Waals surface area (Å²) in [5, 5.41) is 1.44. The fourth-order valence-corrected chi connectivity index (χ4v) is 2.72. The molecule has 100 valence electrons. The standard InChI is InChI=1S/C13H10BrCl3N2/c1-2-3-8-11(16)18-13(19-12(8)17)7-4-5-10(15)9(14)6-7/h4-6H,2-3H2,1H3. The van der Waals surface area contributed by atoms with E-state index in [1.807, 2.05) is 12.1 Å². The number of benzene rings is 1. The highest BCUT2D eigenvalue weighted by Crippen LogP contribution is 2.30. The van der Waals surface area contributed by atoms with Crippen LogP contribution in [0.1, 0.15) is 18.9 Å². The Hall–Kier alpha value is -0.350. The molecule has 2 rings (SSSR count). The second-order valence-electron chi connectivity index (χ2n) is 3.99. The molecule has 0 aliphatic rings. The summed E-state index contributed by atoms with van der Waals surface area (Å²) in [5.74, 6) is 0.493. The van der Waals surface area contributed by atoms with Crippen molar-refractivity contribution < 1.29 is 0 Å². The highest BCUT2D eigenvalue weighted by Gasteiger charge is 2.12. The minimum atomic E-state index is 0.405. The maximum Gasteiger partial charge on any atom is 0.162 e. The molecule has 0 amide bonds. The van der Waals surface area contributed by atoms with Crippen molar-refractivity contribution in [1.29, 1.82) is 0 Å². The number of aromatic nitrogens is 2. The van der Waals surface area contributed by atoms with Gasteiger partial charge in [0.05, 0.1) is 5.02 Å². The molecule has 0 spiro atoms. The molecule has 1 aromatic carbocycles. The minimum Gasteiger partial charge on any atom is -0.216 e. The van der Waals surface area contributed by atoms with Gasteiger partial charge in [-0.25, -0.2) is 9.97 Å². The molecule has 0 atom stereocenters. The second kappa shape index (κ2) is 6.40. The Kier molecular flexibility index (Phi) is 5.07. The molecule has 2 aromatic rings. The third kappa shape index (κ3) is 3.40. The first-order valence-corrected chi connectivity index (χ1v) is 7.63. The highest BCUT2D eigenvalue weighted by atomic mass is 79.9. The molecule has 19 heavy (non-hydrogen) atoms. The van der Waals surface area contributed by atoms with E-state index in [2.05, 4.69) is 32.8 Å². The van der Waals surface area contributed by atoms with Crippen molar-refractivity contribution in [2.75, 3.05) is 0 Å². The van der Waals surface area contributed by atoms with E-state index in [0.29, 0.717) is 21.2 Å². The quantitative estimate of drug-likeness (QED) is 0.627. The van der Waals surface area contributed by atoms with Gasteiger partial charge in [0.2, 0.25) is 0 Å². The van der Waals surface area contributed by atoms with Crippen LogP contribution in [0, 0.1) is 0 Å². The molecular formula is C13H10BrCl3N2. The van der Waals surface area contributed by atoms with Gasteiger partial charge in [-0.15, -0.1) is 0 Å². The van der Waals surface area contributed by atoms with Crippen LogP contribution in [0.2, 0.25) is 15.3 Å². The largest absolute Gasteiger partial charge is 0.216 e. The van der Waals surface area contributed by atoms with Gasteiger partial charge in [0.1, 0.15) is 10.3 Å². The fourth-order valence-electron chi connectivity index (χ4n) is 1.65. The van der Waals surface area contributed by atoms with Crippen LogP contribution in [0.25, 0.3) is 11.4 Å². The lowest BCUT2D eigenvalue weighted by molar-refractivity contribution is 0.903. The summed E-state index contributed by atoms with van der Waals surface area (Å²) < 4.78 is 0.778. The molecule has 0 aliphatic carbocycles. The topological polar surface area (TPSA) is 25.8 Å². The Morgan fingerprint density at radius 2 is 1.74 bits per heavy atom. The van der Waals surface area contributed by atoms with Crippen LogP contribution in [0.5, 0.6) is 0 Å². The summed E-state index contributed by atoms with van der Waals surface area (Å²) >= 11 is 21.6. The van der Waals surface area contributed by atoms with Gasteiger partial charge in [0.25, 0.3) is 0 Å². The lowest BCUT2D eigenvalue weighted by Gasteiger charge is -2.08. The van der Waals surface area contributed by atoms with E-state index in [0.717, 1.165) is 28.4 Å². The van der Waals surface area contributed by atoms with Gasteiger partial charge < -0.3 is 0 Å². The molecule has 0 saturated carbocycles. The predicted molar refractivity (Wildman–Crippen MR) is 84.2 cm³/mol. The Bertz CT molecular complexity index is 594. The summed E-state index contributed by atoms with van der Waals surface area (Å²) in [6.45, 7) is 2.05. The smallest absolute Gasteiger partial charge is 0.162 e. The normalized spacial score (nSPS) is 10.8. The zero-order valence-corrected chi connectivity index (χ0v) is 13.9. The zero-order chi connectivity index (χ0) is 14.0. The maximum atomic E-state index is 6.16. The molecule has 0 fully saturated rings. The van der Waals surface area contributed by atoms with Gasteiger partial charge in [-0.2, -0.15) is 0 Å². The van der Waals surface area contributed by atoms with Gasteiger partial charge >= 0.3 is 0 Å². The molecule has 6 heteroatoms. The number of rotatable bonds is 3. The summed E-state index contributed by atoms with van der Waals surface area (Å²) in [6.07, 6.45) is 1.71. The molecule has 0 N–H and O–H groups in total. The summed E-state index contributed by atoms with van der Waals surface area (Å²) in [4.78, 5) is 8.60. The third-order valence-corrected chi connectivity index (χ3v) is 4.42. The molecule has 0 radical (unpaired) electrons. The lowest BCUT2D eigenvalue weighted by atomic mass is 10.2. The Balaban J connectivity index is 2.48. The van der Waals surface area contributed by atoms with Gasteiger partial charge in [-0.1, -0.05) is 48.1 Å². The molecule has 1 heterocycles. The van der Waals surface area contributed by atoms with Crippen LogP contribution >= 0.6 is 50.7 Å². The number of nitrogens with zero attached hydrogens (tertiary/aromatic N) is 2. The summed E-state index contributed by atoms with van der Waals surface area (Å²) in [5.41, 5.74) is 1.60. The van der Waals surface area contributed by atoms with Crippen molar-refractivity contribution in [3.8, 4) is 11.4 Å². The lowest BCUT2D eigenvalue weighted by Crippen LogP contribution is -1.97. The van der Waals surface area contributed by atoms with E-state index < -0.39 is 0 Å². The van der Waals surface area contributed by atoms with Crippen molar-refractivity contribution in [3.05, 3.63) is 43.6 Å².